The summed E-state index contributed by atoms with van der Waals surface area (Å²) in [7, 11) is 6.51. The summed E-state index contributed by atoms with van der Waals surface area (Å²) in [4.78, 5) is 15.7. The zero-order valence-electron chi connectivity index (χ0n) is 11.6. The van der Waals surface area contributed by atoms with E-state index in [0.717, 1.165) is 11.0 Å². The van der Waals surface area contributed by atoms with Crippen molar-refractivity contribution in [3.63, 3.8) is 0 Å². The number of aromatic nitrogens is 3. The molecule has 1 heterocycles. The van der Waals surface area contributed by atoms with Gasteiger partial charge in [-0.25, -0.2) is 4.39 Å². The van der Waals surface area contributed by atoms with Gasteiger partial charge in [-0.2, -0.15) is 0 Å². The molecular formula is C11H17FN6O. The van der Waals surface area contributed by atoms with Crippen LogP contribution in [0.2, 0.25) is 0 Å². The van der Waals surface area contributed by atoms with E-state index in [-0.39, 0.29) is 17.3 Å². The van der Waals surface area contributed by atoms with Gasteiger partial charge in [-0.05, 0) is 6.92 Å². The van der Waals surface area contributed by atoms with E-state index in [1.54, 1.807) is 35.1 Å². The Bertz CT molecular complexity index is 531. The van der Waals surface area contributed by atoms with Gasteiger partial charge < -0.3 is 9.80 Å². The first kappa shape index (κ1) is 14.8. The molecule has 0 spiro atoms. The fourth-order valence-electron chi connectivity index (χ4n) is 1.26. The minimum absolute atomic E-state index is 0.0147. The number of carbonyl (C=O) groups is 1. The van der Waals surface area contributed by atoms with Gasteiger partial charge in [0.15, 0.2) is 11.5 Å². The Labute approximate surface area is 110 Å². The molecule has 0 atom stereocenters. The molecule has 0 aliphatic carbocycles. The molecule has 104 valence electrons. The fraction of sp³-hybridized carbons (Fsp3) is 0.455. The maximum Gasteiger partial charge on any atom is 0.244 e. The highest BCUT2D eigenvalue weighted by Gasteiger charge is 2.21. The second kappa shape index (κ2) is 5.59. The lowest BCUT2D eigenvalue weighted by Crippen LogP contribution is -2.30. The van der Waals surface area contributed by atoms with E-state index < -0.39 is 11.6 Å². The molecule has 0 unspecified atom stereocenters. The van der Waals surface area contributed by atoms with Crippen molar-refractivity contribution >= 4 is 11.7 Å². The topological polar surface area (TPSA) is 78.1 Å². The van der Waals surface area contributed by atoms with E-state index in [1.807, 2.05) is 0 Å². The van der Waals surface area contributed by atoms with Crippen molar-refractivity contribution in [1.82, 2.24) is 24.8 Å². The smallest absolute Gasteiger partial charge is 0.244 e. The molecule has 0 radical (unpaired) electrons. The van der Waals surface area contributed by atoms with Crippen molar-refractivity contribution in [1.29, 1.82) is 5.41 Å². The summed E-state index contributed by atoms with van der Waals surface area (Å²) in [6.45, 7) is 1.54. The number of aryl methyl sites for hydroxylation is 1. The number of halogens is 1. The number of rotatable bonds is 3. The van der Waals surface area contributed by atoms with Crippen molar-refractivity contribution in [2.45, 2.75) is 6.92 Å². The summed E-state index contributed by atoms with van der Waals surface area (Å²) in [5.74, 6) is -1.78. The fourth-order valence-corrected chi connectivity index (χ4v) is 1.26. The van der Waals surface area contributed by atoms with E-state index in [9.17, 15) is 9.18 Å². The number of hydrogen-bond donors (Lipinski definition) is 1. The Balaban J connectivity index is 3.10. The number of hydrogen-bond acceptors (Lipinski definition) is 5. The molecule has 0 saturated heterocycles. The van der Waals surface area contributed by atoms with Crippen LogP contribution in [0.4, 0.5) is 4.39 Å². The third kappa shape index (κ3) is 3.36. The Kier molecular flexibility index (Phi) is 4.36. The second-order valence-electron chi connectivity index (χ2n) is 4.41. The van der Waals surface area contributed by atoms with Gasteiger partial charge in [-0.15, -0.1) is 15.0 Å². The first-order valence-corrected chi connectivity index (χ1v) is 5.52. The highest BCUT2D eigenvalue weighted by Crippen LogP contribution is 2.11. The van der Waals surface area contributed by atoms with Crippen molar-refractivity contribution in [2.75, 3.05) is 28.2 Å². The molecule has 1 rings (SSSR count). The van der Waals surface area contributed by atoms with Crippen LogP contribution in [0, 0.1) is 12.3 Å². The zero-order chi connectivity index (χ0) is 14.7. The van der Waals surface area contributed by atoms with Crippen molar-refractivity contribution in [3.05, 3.63) is 23.4 Å². The van der Waals surface area contributed by atoms with Gasteiger partial charge in [0.25, 0.3) is 0 Å². The maximum atomic E-state index is 13.6. The average molecular weight is 268 g/mol. The number of ketones is 1. The SMILES string of the molecule is Cc1nn(C(=N)N(C)C)nc1C(=O)/C(F)=C/N(C)C. The summed E-state index contributed by atoms with van der Waals surface area (Å²) in [6, 6.07) is 0. The van der Waals surface area contributed by atoms with Crippen LogP contribution in [0.3, 0.4) is 0 Å². The highest BCUT2D eigenvalue weighted by atomic mass is 19.1. The second-order valence-corrected chi connectivity index (χ2v) is 4.41. The van der Waals surface area contributed by atoms with Crippen LogP contribution in [0.5, 0.6) is 0 Å². The molecule has 8 heteroatoms. The Morgan fingerprint density at radius 1 is 1.32 bits per heavy atom. The van der Waals surface area contributed by atoms with Crippen molar-refractivity contribution in [2.24, 2.45) is 0 Å². The van der Waals surface area contributed by atoms with Crippen LogP contribution < -0.4 is 0 Å². The molecule has 1 aromatic heterocycles. The van der Waals surface area contributed by atoms with E-state index in [4.69, 9.17) is 5.41 Å². The summed E-state index contributed by atoms with van der Waals surface area (Å²) < 4.78 is 13.6. The normalized spacial score (nSPS) is 11.4. The molecule has 1 aromatic rings. The molecule has 0 saturated carbocycles. The molecule has 19 heavy (non-hydrogen) atoms. The third-order valence-corrected chi connectivity index (χ3v) is 2.20. The lowest BCUT2D eigenvalue weighted by Gasteiger charge is -2.10. The summed E-state index contributed by atoms with van der Waals surface area (Å²) in [5.41, 5.74) is 0.182. The highest BCUT2D eigenvalue weighted by molar-refractivity contribution is 6.06. The van der Waals surface area contributed by atoms with Gasteiger partial charge in [0.2, 0.25) is 11.7 Å². The first-order chi connectivity index (χ1) is 8.73. The monoisotopic (exact) mass is 268 g/mol. The van der Waals surface area contributed by atoms with Gasteiger partial charge in [-0.3, -0.25) is 10.2 Å². The molecule has 0 bridgehead atoms. The van der Waals surface area contributed by atoms with Gasteiger partial charge in [0, 0.05) is 34.4 Å². The number of nitrogens with one attached hydrogen (secondary N) is 1. The van der Waals surface area contributed by atoms with Crippen LogP contribution in [0.15, 0.2) is 12.0 Å². The molecule has 0 aliphatic heterocycles. The maximum absolute atomic E-state index is 13.6. The van der Waals surface area contributed by atoms with Gasteiger partial charge in [0.05, 0.1) is 5.69 Å². The van der Waals surface area contributed by atoms with Crippen LogP contribution in [-0.2, 0) is 0 Å². The van der Waals surface area contributed by atoms with Crippen molar-refractivity contribution < 1.29 is 9.18 Å². The molecule has 7 nitrogen and oxygen atoms in total. The van der Waals surface area contributed by atoms with Crippen LogP contribution >= 0.6 is 0 Å². The van der Waals surface area contributed by atoms with Crippen LogP contribution in [0.25, 0.3) is 0 Å². The van der Waals surface area contributed by atoms with Gasteiger partial charge in [0.1, 0.15) is 0 Å². The molecular weight excluding hydrogens is 251 g/mol. The number of Topliss-reactive ketones (excluding diaryl/α,β-unsaturated/α-hetero) is 1. The lowest BCUT2D eigenvalue weighted by atomic mass is 10.2. The Morgan fingerprint density at radius 3 is 2.37 bits per heavy atom. The molecule has 0 amide bonds. The standard InChI is InChI=1S/C11H17FN6O/c1-7-9(10(19)8(12)6-16(2)3)15-18(14-7)11(13)17(4)5/h6,13H,1-5H3/b8-6-,13-11?. The van der Waals surface area contributed by atoms with E-state index in [0.29, 0.717) is 0 Å². The van der Waals surface area contributed by atoms with Crippen LogP contribution in [-0.4, -0.2) is 64.7 Å². The van der Waals surface area contributed by atoms with Crippen LogP contribution in [0.1, 0.15) is 16.2 Å². The number of carbonyl (C=O) groups excluding carboxylic acids is 1. The number of allylic oxidation sites excluding steroid dienone is 1. The quantitative estimate of drug-likeness (QED) is 0.373. The average Bonchev–Trinajstić information content (AvgIpc) is 2.68. The van der Waals surface area contributed by atoms with Crippen molar-refractivity contribution in [3.8, 4) is 0 Å². The Hall–Kier alpha value is -2.25. The summed E-state index contributed by atoms with van der Waals surface area (Å²) in [6.07, 6.45) is 1.07. The van der Waals surface area contributed by atoms with Gasteiger partial charge >= 0.3 is 0 Å². The third-order valence-electron chi connectivity index (χ3n) is 2.20. The molecule has 0 aliphatic rings. The Morgan fingerprint density at radius 2 is 1.89 bits per heavy atom. The predicted molar refractivity (Wildman–Crippen MR) is 68.8 cm³/mol. The molecule has 0 aromatic carbocycles. The number of nitrogens with zero attached hydrogens (tertiary/aromatic N) is 5. The summed E-state index contributed by atoms with van der Waals surface area (Å²) in [5, 5.41) is 15.5. The molecule has 1 N–H and O–H groups in total. The van der Waals surface area contributed by atoms with E-state index in [2.05, 4.69) is 10.2 Å². The van der Waals surface area contributed by atoms with Gasteiger partial charge in [-0.1, -0.05) is 0 Å². The summed E-state index contributed by atoms with van der Waals surface area (Å²) >= 11 is 0. The minimum Gasteiger partial charge on any atom is -0.381 e. The molecule has 0 fully saturated rings. The lowest BCUT2D eigenvalue weighted by molar-refractivity contribution is 0.0996. The van der Waals surface area contributed by atoms with E-state index in [1.165, 1.54) is 9.80 Å². The largest absolute Gasteiger partial charge is 0.381 e. The van der Waals surface area contributed by atoms with E-state index >= 15 is 0 Å². The minimum atomic E-state index is -0.920. The zero-order valence-corrected chi connectivity index (χ0v) is 11.6. The first-order valence-electron chi connectivity index (χ1n) is 5.52. The predicted octanol–water partition coefficient (Wildman–Crippen LogP) is 0.486.